The first-order valence-corrected chi connectivity index (χ1v) is 3.23. The Hall–Kier alpha value is -0.570. The molecule has 9 heavy (non-hydrogen) atoms. The molecule has 0 saturated heterocycles. The van der Waals surface area contributed by atoms with Gasteiger partial charge in [0, 0.05) is 12.5 Å². The Morgan fingerprint density at radius 2 is 2.33 bits per heavy atom. The zero-order chi connectivity index (χ0) is 6.69. The number of carbonyl (C=O) groups excluding carboxylic acids is 1. The molecule has 1 aliphatic carbocycles. The van der Waals surface area contributed by atoms with Crippen molar-refractivity contribution < 1.29 is 9.90 Å². The molecule has 0 aromatic heterocycles. The number of aliphatic hydroxyl groups excluding tert-OH is 1. The zero-order valence-electron chi connectivity index (χ0n) is 5.26. The maximum Gasteiger partial charge on any atom is 0.222 e. The minimum atomic E-state index is -0.0431. The van der Waals surface area contributed by atoms with Gasteiger partial charge in [-0.05, 0) is 12.8 Å². The number of nitrogens with one attached hydrogen (secondary N) is 1. The van der Waals surface area contributed by atoms with Crippen LogP contribution in [-0.2, 0) is 4.79 Å². The highest BCUT2D eigenvalue weighted by Gasteiger charge is 2.22. The van der Waals surface area contributed by atoms with Crippen LogP contribution < -0.4 is 5.32 Å². The molecule has 1 amide bonds. The summed E-state index contributed by atoms with van der Waals surface area (Å²) in [4.78, 5) is 10.6. The Balaban J connectivity index is 2.02. The van der Waals surface area contributed by atoms with Gasteiger partial charge in [-0.25, -0.2) is 0 Å². The van der Waals surface area contributed by atoms with E-state index in [-0.39, 0.29) is 18.9 Å². The molecule has 0 aromatic carbocycles. The summed E-state index contributed by atoms with van der Waals surface area (Å²) >= 11 is 0. The van der Waals surface area contributed by atoms with Crippen LogP contribution in [0.25, 0.3) is 0 Å². The third-order valence-corrected chi connectivity index (χ3v) is 1.28. The molecule has 0 heterocycles. The van der Waals surface area contributed by atoms with Crippen molar-refractivity contribution in [2.75, 3.05) is 6.61 Å². The summed E-state index contributed by atoms with van der Waals surface area (Å²) in [5, 5.41) is 11.1. The second kappa shape index (κ2) is 2.82. The summed E-state index contributed by atoms with van der Waals surface area (Å²) in [6.45, 7) is -0.0431. The fourth-order valence-electron chi connectivity index (χ4n) is 0.629. The van der Waals surface area contributed by atoms with E-state index in [1.165, 1.54) is 0 Å². The Bertz CT molecular complexity index is 110. The molecule has 0 atom stereocenters. The van der Waals surface area contributed by atoms with Crippen molar-refractivity contribution in [1.82, 2.24) is 5.32 Å². The first-order chi connectivity index (χ1) is 4.33. The smallest absolute Gasteiger partial charge is 0.222 e. The minimum absolute atomic E-state index is 0.0278. The Morgan fingerprint density at radius 3 is 2.78 bits per heavy atom. The molecular formula is C6H11NO2. The van der Waals surface area contributed by atoms with E-state index >= 15 is 0 Å². The van der Waals surface area contributed by atoms with Crippen LogP contribution in [0.3, 0.4) is 0 Å². The Morgan fingerprint density at radius 1 is 1.67 bits per heavy atom. The SMILES string of the molecule is O=C(CCO)NC1CC1. The molecule has 0 aliphatic heterocycles. The first-order valence-electron chi connectivity index (χ1n) is 3.23. The van der Waals surface area contributed by atoms with Crippen LogP contribution in [0.4, 0.5) is 0 Å². The second-order valence-corrected chi connectivity index (χ2v) is 2.32. The number of aliphatic hydroxyl groups is 1. The summed E-state index contributed by atoms with van der Waals surface area (Å²) in [6.07, 6.45) is 2.46. The zero-order valence-corrected chi connectivity index (χ0v) is 5.26. The average molecular weight is 129 g/mol. The summed E-state index contributed by atoms with van der Waals surface area (Å²) in [5.41, 5.74) is 0. The number of hydrogen-bond acceptors (Lipinski definition) is 2. The van der Waals surface area contributed by atoms with Crippen molar-refractivity contribution in [3.05, 3.63) is 0 Å². The van der Waals surface area contributed by atoms with Gasteiger partial charge in [0.25, 0.3) is 0 Å². The molecule has 3 heteroatoms. The van der Waals surface area contributed by atoms with Crippen molar-refractivity contribution in [2.45, 2.75) is 25.3 Å². The van der Waals surface area contributed by atoms with E-state index in [4.69, 9.17) is 5.11 Å². The van der Waals surface area contributed by atoms with Gasteiger partial charge in [0.15, 0.2) is 0 Å². The van der Waals surface area contributed by atoms with E-state index in [0.29, 0.717) is 6.04 Å². The van der Waals surface area contributed by atoms with Crippen molar-refractivity contribution in [3.8, 4) is 0 Å². The van der Waals surface area contributed by atoms with Crippen LogP contribution in [0.5, 0.6) is 0 Å². The van der Waals surface area contributed by atoms with E-state index < -0.39 is 0 Å². The molecule has 2 N–H and O–H groups in total. The van der Waals surface area contributed by atoms with E-state index in [1.54, 1.807) is 0 Å². The van der Waals surface area contributed by atoms with E-state index in [0.717, 1.165) is 12.8 Å². The molecule has 1 saturated carbocycles. The van der Waals surface area contributed by atoms with Gasteiger partial charge in [0.05, 0.1) is 6.61 Å². The topological polar surface area (TPSA) is 49.3 Å². The predicted octanol–water partition coefficient (Wildman–Crippen LogP) is -0.353. The summed E-state index contributed by atoms with van der Waals surface area (Å²) in [5.74, 6) is -0.0278. The lowest BCUT2D eigenvalue weighted by Gasteiger charge is -1.98. The molecule has 0 spiro atoms. The summed E-state index contributed by atoms with van der Waals surface area (Å²) in [7, 11) is 0. The number of hydrogen-bond donors (Lipinski definition) is 2. The highest BCUT2D eigenvalue weighted by atomic mass is 16.3. The monoisotopic (exact) mass is 129 g/mol. The molecule has 0 bridgehead atoms. The molecular weight excluding hydrogens is 118 g/mol. The molecule has 0 aromatic rings. The van der Waals surface area contributed by atoms with Gasteiger partial charge in [0.2, 0.25) is 5.91 Å². The Labute approximate surface area is 54.1 Å². The number of amides is 1. The van der Waals surface area contributed by atoms with Crippen LogP contribution in [0.1, 0.15) is 19.3 Å². The third kappa shape index (κ3) is 2.46. The largest absolute Gasteiger partial charge is 0.396 e. The lowest BCUT2D eigenvalue weighted by atomic mass is 10.4. The van der Waals surface area contributed by atoms with Crippen LogP contribution >= 0.6 is 0 Å². The first kappa shape index (κ1) is 6.55. The molecule has 3 nitrogen and oxygen atoms in total. The van der Waals surface area contributed by atoms with Crippen LogP contribution in [0.15, 0.2) is 0 Å². The van der Waals surface area contributed by atoms with Gasteiger partial charge < -0.3 is 10.4 Å². The molecule has 1 fully saturated rings. The van der Waals surface area contributed by atoms with Crippen LogP contribution in [0.2, 0.25) is 0 Å². The molecule has 52 valence electrons. The van der Waals surface area contributed by atoms with E-state index in [1.807, 2.05) is 0 Å². The Kier molecular flexibility index (Phi) is 2.05. The van der Waals surface area contributed by atoms with Crippen molar-refractivity contribution in [3.63, 3.8) is 0 Å². The quantitative estimate of drug-likeness (QED) is 0.547. The number of rotatable bonds is 3. The highest BCUT2D eigenvalue weighted by molar-refractivity contribution is 5.76. The fourth-order valence-corrected chi connectivity index (χ4v) is 0.629. The van der Waals surface area contributed by atoms with Gasteiger partial charge in [-0.3, -0.25) is 4.79 Å². The summed E-state index contributed by atoms with van der Waals surface area (Å²) in [6, 6.07) is 0.420. The standard InChI is InChI=1S/C6H11NO2/c8-4-3-6(9)7-5-1-2-5/h5,8H,1-4H2,(H,7,9). The maximum atomic E-state index is 10.6. The number of carbonyl (C=O) groups is 1. The van der Waals surface area contributed by atoms with Gasteiger partial charge >= 0.3 is 0 Å². The van der Waals surface area contributed by atoms with Gasteiger partial charge in [-0.2, -0.15) is 0 Å². The highest BCUT2D eigenvalue weighted by Crippen LogP contribution is 2.18. The third-order valence-electron chi connectivity index (χ3n) is 1.28. The second-order valence-electron chi connectivity index (χ2n) is 2.32. The molecule has 1 aliphatic rings. The van der Waals surface area contributed by atoms with Crippen LogP contribution in [0, 0.1) is 0 Å². The summed E-state index contributed by atoms with van der Waals surface area (Å²) < 4.78 is 0. The lowest BCUT2D eigenvalue weighted by molar-refractivity contribution is -0.121. The van der Waals surface area contributed by atoms with E-state index in [2.05, 4.69) is 5.32 Å². The van der Waals surface area contributed by atoms with Gasteiger partial charge in [-0.15, -0.1) is 0 Å². The minimum Gasteiger partial charge on any atom is -0.396 e. The van der Waals surface area contributed by atoms with Crippen LogP contribution in [-0.4, -0.2) is 23.7 Å². The predicted molar refractivity (Wildman–Crippen MR) is 32.9 cm³/mol. The van der Waals surface area contributed by atoms with Crippen molar-refractivity contribution >= 4 is 5.91 Å². The van der Waals surface area contributed by atoms with Crippen molar-refractivity contribution in [1.29, 1.82) is 0 Å². The fraction of sp³-hybridized carbons (Fsp3) is 0.833. The lowest BCUT2D eigenvalue weighted by Crippen LogP contribution is -2.25. The average Bonchev–Trinajstić information content (AvgIpc) is 2.50. The molecule has 1 rings (SSSR count). The maximum absolute atomic E-state index is 10.6. The van der Waals surface area contributed by atoms with Gasteiger partial charge in [-0.1, -0.05) is 0 Å². The normalized spacial score (nSPS) is 17.4. The molecule has 0 unspecified atom stereocenters. The van der Waals surface area contributed by atoms with Crippen molar-refractivity contribution in [2.24, 2.45) is 0 Å². The molecule has 0 radical (unpaired) electrons. The van der Waals surface area contributed by atoms with E-state index in [9.17, 15) is 4.79 Å². The van der Waals surface area contributed by atoms with Gasteiger partial charge in [0.1, 0.15) is 0 Å².